The lowest BCUT2D eigenvalue weighted by molar-refractivity contribution is 0.278. The third-order valence-electron chi connectivity index (χ3n) is 4.90. The Hall–Kier alpha value is -0.260. The highest BCUT2D eigenvalue weighted by molar-refractivity contribution is 4.89. The Balaban J connectivity index is 4.28. The van der Waals surface area contributed by atoms with Gasteiger partial charge in [0.2, 0.25) is 0 Å². The van der Waals surface area contributed by atoms with Crippen LogP contribution >= 0.6 is 0 Å². The molecular formula is C21H42. The highest BCUT2D eigenvalue weighted by Crippen LogP contribution is 2.30. The molecule has 21 heavy (non-hydrogen) atoms. The first-order valence-corrected chi connectivity index (χ1v) is 9.53. The maximum absolute atomic E-state index is 4.09. The van der Waals surface area contributed by atoms with Crippen molar-refractivity contribution in [2.75, 3.05) is 0 Å². The SMILES string of the molecule is C=C(C)CC(C)CC(CCCCC(C)C)CC(CC)CC. The van der Waals surface area contributed by atoms with E-state index >= 15 is 0 Å². The van der Waals surface area contributed by atoms with Crippen LogP contribution in [0.2, 0.25) is 0 Å². The van der Waals surface area contributed by atoms with Gasteiger partial charge in [0.25, 0.3) is 0 Å². The minimum Gasteiger partial charge on any atom is -0.100 e. The molecule has 0 N–H and O–H groups in total. The lowest BCUT2D eigenvalue weighted by Gasteiger charge is -2.25. The van der Waals surface area contributed by atoms with Crippen molar-refractivity contribution in [1.82, 2.24) is 0 Å². The molecule has 0 heteroatoms. The average molecular weight is 295 g/mol. The molecule has 0 aromatic heterocycles. The fourth-order valence-corrected chi connectivity index (χ4v) is 3.66. The minimum atomic E-state index is 0.812. The van der Waals surface area contributed by atoms with Gasteiger partial charge in [-0.1, -0.05) is 78.7 Å². The van der Waals surface area contributed by atoms with Gasteiger partial charge in [-0.3, -0.25) is 0 Å². The lowest BCUT2D eigenvalue weighted by Crippen LogP contribution is -2.12. The zero-order valence-electron chi connectivity index (χ0n) is 15.9. The van der Waals surface area contributed by atoms with Crippen LogP contribution in [0.3, 0.4) is 0 Å². The summed E-state index contributed by atoms with van der Waals surface area (Å²) in [5, 5.41) is 0. The molecule has 0 rings (SSSR count). The number of allylic oxidation sites excluding steroid dienone is 1. The molecule has 0 radical (unpaired) electrons. The third-order valence-corrected chi connectivity index (χ3v) is 4.90. The summed E-state index contributed by atoms with van der Waals surface area (Å²) in [6.45, 7) is 18.1. The minimum absolute atomic E-state index is 0.812. The van der Waals surface area contributed by atoms with Crippen molar-refractivity contribution in [1.29, 1.82) is 0 Å². The van der Waals surface area contributed by atoms with E-state index in [1.54, 1.807) is 0 Å². The van der Waals surface area contributed by atoms with Crippen molar-refractivity contribution >= 4 is 0 Å². The second kappa shape index (κ2) is 12.3. The average Bonchev–Trinajstić information content (AvgIpc) is 2.39. The van der Waals surface area contributed by atoms with Crippen LogP contribution in [0.15, 0.2) is 12.2 Å². The Morgan fingerprint density at radius 3 is 1.90 bits per heavy atom. The van der Waals surface area contributed by atoms with Crippen LogP contribution in [0.4, 0.5) is 0 Å². The summed E-state index contributed by atoms with van der Waals surface area (Å²) in [6.07, 6.45) is 12.5. The van der Waals surface area contributed by atoms with Crippen LogP contribution in [0.5, 0.6) is 0 Å². The Labute approximate surface area is 135 Å². The van der Waals surface area contributed by atoms with E-state index in [0.717, 1.165) is 23.7 Å². The van der Waals surface area contributed by atoms with E-state index in [0.29, 0.717) is 0 Å². The highest BCUT2D eigenvalue weighted by atomic mass is 14.2. The topological polar surface area (TPSA) is 0 Å². The molecule has 0 bridgehead atoms. The van der Waals surface area contributed by atoms with Crippen molar-refractivity contribution in [2.45, 2.75) is 99.3 Å². The van der Waals surface area contributed by atoms with Gasteiger partial charge < -0.3 is 0 Å². The number of hydrogen-bond donors (Lipinski definition) is 0. The molecule has 126 valence electrons. The molecule has 0 heterocycles. The van der Waals surface area contributed by atoms with Crippen molar-refractivity contribution < 1.29 is 0 Å². The molecule has 2 unspecified atom stereocenters. The van der Waals surface area contributed by atoms with E-state index in [4.69, 9.17) is 0 Å². The van der Waals surface area contributed by atoms with Gasteiger partial charge >= 0.3 is 0 Å². The quantitative estimate of drug-likeness (QED) is 0.242. The first kappa shape index (κ1) is 20.7. The second-order valence-electron chi connectivity index (χ2n) is 7.96. The van der Waals surface area contributed by atoms with Crippen LogP contribution in [0.25, 0.3) is 0 Å². The molecule has 0 fully saturated rings. The first-order chi connectivity index (χ1) is 9.88. The molecule has 0 saturated carbocycles. The summed E-state index contributed by atoms with van der Waals surface area (Å²) in [4.78, 5) is 0. The molecule has 2 atom stereocenters. The predicted molar refractivity (Wildman–Crippen MR) is 98.7 cm³/mol. The predicted octanol–water partition coefficient (Wildman–Crippen LogP) is 7.64. The van der Waals surface area contributed by atoms with Gasteiger partial charge in [0.1, 0.15) is 0 Å². The van der Waals surface area contributed by atoms with Crippen molar-refractivity contribution in [2.24, 2.45) is 23.7 Å². The summed E-state index contributed by atoms with van der Waals surface area (Å²) in [7, 11) is 0. The number of hydrogen-bond acceptors (Lipinski definition) is 0. The Kier molecular flexibility index (Phi) is 12.1. The summed E-state index contributed by atoms with van der Waals surface area (Å²) in [5.74, 6) is 3.56. The fraction of sp³-hybridized carbons (Fsp3) is 0.905. The van der Waals surface area contributed by atoms with E-state index in [1.807, 2.05) is 0 Å². The Morgan fingerprint density at radius 2 is 1.43 bits per heavy atom. The normalized spacial score (nSPS) is 14.7. The van der Waals surface area contributed by atoms with Crippen molar-refractivity contribution in [3.05, 3.63) is 12.2 Å². The number of rotatable bonds is 13. The zero-order valence-corrected chi connectivity index (χ0v) is 15.9. The van der Waals surface area contributed by atoms with Gasteiger partial charge in [0, 0.05) is 0 Å². The molecule has 0 aromatic rings. The zero-order chi connectivity index (χ0) is 16.3. The van der Waals surface area contributed by atoms with Gasteiger partial charge in [-0.25, -0.2) is 0 Å². The molecule has 0 aliphatic carbocycles. The van der Waals surface area contributed by atoms with Crippen LogP contribution < -0.4 is 0 Å². The van der Waals surface area contributed by atoms with Crippen molar-refractivity contribution in [3.8, 4) is 0 Å². The van der Waals surface area contributed by atoms with E-state index in [2.05, 4.69) is 48.1 Å². The number of unbranched alkanes of at least 4 members (excludes halogenated alkanes) is 1. The van der Waals surface area contributed by atoms with Gasteiger partial charge in [-0.15, -0.1) is 6.58 Å². The summed E-state index contributed by atoms with van der Waals surface area (Å²) < 4.78 is 0. The van der Waals surface area contributed by atoms with E-state index in [-0.39, 0.29) is 0 Å². The Morgan fingerprint density at radius 1 is 0.857 bits per heavy atom. The molecule has 0 saturated heterocycles. The van der Waals surface area contributed by atoms with Crippen molar-refractivity contribution in [3.63, 3.8) is 0 Å². The third kappa shape index (κ3) is 12.0. The monoisotopic (exact) mass is 294 g/mol. The largest absolute Gasteiger partial charge is 0.100 e. The smallest absolute Gasteiger partial charge is 0.0300 e. The lowest BCUT2D eigenvalue weighted by atomic mass is 9.81. The molecular weight excluding hydrogens is 252 g/mol. The van der Waals surface area contributed by atoms with Crippen LogP contribution in [0.1, 0.15) is 99.3 Å². The van der Waals surface area contributed by atoms with Gasteiger partial charge in [0.15, 0.2) is 0 Å². The van der Waals surface area contributed by atoms with E-state index < -0.39 is 0 Å². The molecule has 0 aromatic carbocycles. The molecule has 0 aliphatic rings. The summed E-state index contributed by atoms with van der Waals surface area (Å²) in [6, 6.07) is 0. The summed E-state index contributed by atoms with van der Waals surface area (Å²) >= 11 is 0. The second-order valence-corrected chi connectivity index (χ2v) is 7.96. The first-order valence-electron chi connectivity index (χ1n) is 9.53. The van der Waals surface area contributed by atoms with E-state index in [1.165, 1.54) is 63.4 Å². The fourth-order valence-electron chi connectivity index (χ4n) is 3.66. The standard InChI is InChI=1S/C21H42/c1-8-20(9-2)16-21(13-11-10-12-17(3)4)15-19(7)14-18(5)6/h17,19-21H,5,8-16H2,1-4,6-7H3. The Bertz CT molecular complexity index is 247. The molecule has 0 aliphatic heterocycles. The maximum atomic E-state index is 4.09. The van der Waals surface area contributed by atoms with Crippen LogP contribution in [-0.2, 0) is 0 Å². The summed E-state index contributed by atoms with van der Waals surface area (Å²) in [5.41, 5.74) is 1.35. The van der Waals surface area contributed by atoms with E-state index in [9.17, 15) is 0 Å². The van der Waals surface area contributed by atoms with Gasteiger partial charge in [-0.2, -0.15) is 0 Å². The molecule has 0 nitrogen and oxygen atoms in total. The van der Waals surface area contributed by atoms with Crippen LogP contribution in [0, 0.1) is 23.7 Å². The van der Waals surface area contributed by atoms with Crippen LogP contribution in [-0.4, -0.2) is 0 Å². The maximum Gasteiger partial charge on any atom is -0.0300 e. The molecule has 0 amide bonds. The van der Waals surface area contributed by atoms with Gasteiger partial charge in [-0.05, 0) is 49.9 Å². The highest BCUT2D eigenvalue weighted by Gasteiger charge is 2.17. The molecule has 0 spiro atoms. The van der Waals surface area contributed by atoms with Gasteiger partial charge in [0.05, 0.1) is 0 Å².